The molecule has 0 aliphatic heterocycles. The predicted molar refractivity (Wildman–Crippen MR) is 67.5 cm³/mol. The lowest BCUT2D eigenvalue weighted by Gasteiger charge is -1.94. The van der Waals surface area contributed by atoms with Gasteiger partial charge in [-0.3, -0.25) is 14.6 Å². The van der Waals surface area contributed by atoms with Crippen LogP contribution in [0.1, 0.15) is 16.1 Å². The molecule has 2 rings (SSSR count). The van der Waals surface area contributed by atoms with Crippen LogP contribution in [0, 0.1) is 0 Å². The SMILES string of the molecule is O=C(/C=C/c1cc(=O)[nH]c(=O)[nH]1)c1ccccc1. The zero-order chi connectivity index (χ0) is 13.0. The molecule has 0 aliphatic carbocycles. The highest BCUT2D eigenvalue weighted by atomic mass is 16.2. The number of carbonyl (C=O) groups excluding carboxylic acids is 1. The number of aromatic amines is 2. The zero-order valence-electron chi connectivity index (χ0n) is 9.34. The largest absolute Gasteiger partial charge is 0.326 e. The van der Waals surface area contributed by atoms with Crippen LogP contribution in [-0.4, -0.2) is 15.8 Å². The van der Waals surface area contributed by atoms with Crippen LogP contribution in [0.25, 0.3) is 6.08 Å². The fourth-order valence-electron chi connectivity index (χ4n) is 1.44. The number of benzene rings is 1. The third-order valence-electron chi connectivity index (χ3n) is 2.25. The second-order valence-corrected chi connectivity index (χ2v) is 3.61. The summed E-state index contributed by atoms with van der Waals surface area (Å²) in [5.74, 6) is -0.197. The zero-order valence-corrected chi connectivity index (χ0v) is 9.34. The Bertz CT molecular complexity index is 668. The van der Waals surface area contributed by atoms with E-state index in [4.69, 9.17) is 0 Å². The minimum Gasteiger partial charge on any atom is -0.307 e. The summed E-state index contributed by atoms with van der Waals surface area (Å²) in [4.78, 5) is 38.2. The molecule has 5 heteroatoms. The number of nitrogens with one attached hydrogen (secondary N) is 2. The number of aromatic nitrogens is 2. The summed E-state index contributed by atoms with van der Waals surface area (Å²) in [7, 11) is 0. The Morgan fingerprint density at radius 1 is 1.06 bits per heavy atom. The summed E-state index contributed by atoms with van der Waals surface area (Å²) in [6, 6.07) is 9.91. The molecule has 0 bridgehead atoms. The van der Waals surface area contributed by atoms with Crippen LogP contribution in [0.5, 0.6) is 0 Å². The Kier molecular flexibility index (Phi) is 3.33. The van der Waals surface area contributed by atoms with Crippen molar-refractivity contribution in [1.82, 2.24) is 9.97 Å². The predicted octanol–water partition coefficient (Wildman–Crippen LogP) is 0.959. The van der Waals surface area contributed by atoms with E-state index in [1.165, 1.54) is 18.2 Å². The van der Waals surface area contributed by atoms with E-state index < -0.39 is 11.2 Å². The molecule has 90 valence electrons. The van der Waals surface area contributed by atoms with Crippen LogP contribution in [0.2, 0.25) is 0 Å². The van der Waals surface area contributed by atoms with Gasteiger partial charge in [-0.25, -0.2) is 4.79 Å². The molecule has 1 aromatic carbocycles. The van der Waals surface area contributed by atoms with E-state index in [1.54, 1.807) is 24.3 Å². The molecule has 0 radical (unpaired) electrons. The van der Waals surface area contributed by atoms with E-state index in [0.29, 0.717) is 5.56 Å². The number of H-pyrrole nitrogens is 2. The smallest absolute Gasteiger partial charge is 0.307 e. The third kappa shape index (κ3) is 2.91. The van der Waals surface area contributed by atoms with Crippen LogP contribution in [0.15, 0.2) is 52.1 Å². The van der Waals surface area contributed by atoms with E-state index in [-0.39, 0.29) is 11.5 Å². The van der Waals surface area contributed by atoms with Crippen LogP contribution in [0.3, 0.4) is 0 Å². The van der Waals surface area contributed by atoms with E-state index in [2.05, 4.69) is 4.98 Å². The molecule has 1 heterocycles. The van der Waals surface area contributed by atoms with Gasteiger partial charge in [0, 0.05) is 17.3 Å². The number of rotatable bonds is 3. The highest BCUT2D eigenvalue weighted by molar-refractivity contribution is 6.06. The van der Waals surface area contributed by atoms with Crippen molar-refractivity contribution in [2.75, 3.05) is 0 Å². The Labute approximate surface area is 102 Å². The van der Waals surface area contributed by atoms with Crippen molar-refractivity contribution >= 4 is 11.9 Å². The van der Waals surface area contributed by atoms with Gasteiger partial charge in [0.25, 0.3) is 5.56 Å². The van der Waals surface area contributed by atoms with Crippen molar-refractivity contribution in [2.24, 2.45) is 0 Å². The van der Waals surface area contributed by atoms with Gasteiger partial charge in [0.2, 0.25) is 0 Å². The molecular formula is C13H10N2O3. The molecule has 0 atom stereocenters. The van der Waals surface area contributed by atoms with Crippen molar-refractivity contribution in [2.45, 2.75) is 0 Å². The number of hydrogen-bond acceptors (Lipinski definition) is 3. The summed E-state index contributed by atoms with van der Waals surface area (Å²) in [5.41, 5.74) is -0.283. The topological polar surface area (TPSA) is 82.8 Å². The summed E-state index contributed by atoms with van der Waals surface area (Å²) in [5, 5.41) is 0. The van der Waals surface area contributed by atoms with Crippen molar-refractivity contribution in [3.05, 3.63) is 74.6 Å². The normalized spacial score (nSPS) is 10.7. The van der Waals surface area contributed by atoms with Crippen LogP contribution in [-0.2, 0) is 0 Å². The van der Waals surface area contributed by atoms with Gasteiger partial charge in [0.05, 0.1) is 0 Å². The minimum atomic E-state index is -0.602. The number of ketones is 1. The van der Waals surface area contributed by atoms with E-state index in [0.717, 1.165) is 0 Å². The molecule has 0 aliphatic rings. The first-order valence-corrected chi connectivity index (χ1v) is 5.26. The molecule has 2 N–H and O–H groups in total. The average molecular weight is 242 g/mol. The quantitative estimate of drug-likeness (QED) is 0.621. The minimum absolute atomic E-state index is 0.197. The maximum Gasteiger partial charge on any atom is 0.326 e. The van der Waals surface area contributed by atoms with Gasteiger partial charge < -0.3 is 4.98 Å². The van der Waals surface area contributed by atoms with Gasteiger partial charge in [0.15, 0.2) is 5.78 Å². The Morgan fingerprint density at radius 2 is 1.78 bits per heavy atom. The van der Waals surface area contributed by atoms with Crippen molar-refractivity contribution < 1.29 is 4.79 Å². The van der Waals surface area contributed by atoms with Crippen molar-refractivity contribution in [3.63, 3.8) is 0 Å². The van der Waals surface area contributed by atoms with E-state index in [1.807, 2.05) is 11.1 Å². The fraction of sp³-hybridized carbons (Fsp3) is 0. The molecular weight excluding hydrogens is 232 g/mol. The second kappa shape index (κ2) is 5.09. The highest BCUT2D eigenvalue weighted by Crippen LogP contribution is 2.02. The first-order valence-electron chi connectivity index (χ1n) is 5.26. The maximum absolute atomic E-state index is 11.7. The monoisotopic (exact) mass is 242 g/mol. The molecule has 2 aromatic rings. The molecule has 0 unspecified atom stereocenters. The van der Waals surface area contributed by atoms with Crippen LogP contribution < -0.4 is 11.2 Å². The average Bonchev–Trinajstić information content (AvgIpc) is 2.36. The fourth-order valence-corrected chi connectivity index (χ4v) is 1.44. The van der Waals surface area contributed by atoms with Gasteiger partial charge >= 0.3 is 5.69 Å². The molecule has 5 nitrogen and oxygen atoms in total. The summed E-state index contributed by atoms with van der Waals surface area (Å²) < 4.78 is 0. The summed E-state index contributed by atoms with van der Waals surface area (Å²) in [6.45, 7) is 0. The molecule has 0 saturated carbocycles. The summed E-state index contributed by atoms with van der Waals surface area (Å²) in [6.07, 6.45) is 2.70. The standard InChI is InChI=1S/C13H10N2O3/c16-11(9-4-2-1-3-5-9)7-6-10-8-12(17)15-13(18)14-10/h1-8H,(H2,14,15,17,18)/b7-6+. The van der Waals surface area contributed by atoms with E-state index in [9.17, 15) is 14.4 Å². The second-order valence-electron chi connectivity index (χ2n) is 3.61. The Morgan fingerprint density at radius 3 is 2.44 bits per heavy atom. The van der Waals surface area contributed by atoms with Gasteiger partial charge in [-0.2, -0.15) is 0 Å². The molecule has 0 fully saturated rings. The third-order valence-corrected chi connectivity index (χ3v) is 2.25. The first kappa shape index (κ1) is 11.8. The molecule has 1 aromatic heterocycles. The van der Waals surface area contributed by atoms with Crippen LogP contribution >= 0.6 is 0 Å². The Hall–Kier alpha value is -2.69. The Balaban J connectivity index is 2.24. The molecule has 18 heavy (non-hydrogen) atoms. The number of hydrogen-bond donors (Lipinski definition) is 2. The maximum atomic E-state index is 11.7. The number of carbonyl (C=O) groups is 1. The van der Waals surface area contributed by atoms with Gasteiger partial charge in [-0.15, -0.1) is 0 Å². The van der Waals surface area contributed by atoms with Gasteiger partial charge in [-0.1, -0.05) is 30.3 Å². The van der Waals surface area contributed by atoms with Crippen molar-refractivity contribution in [3.8, 4) is 0 Å². The van der Waals surface area contributed by atoms with Gasteiger partial charge in [0.1, 0.15) is 0 Å². The van der Waals surface area contributed by atoms with Gasteiger partial charge in [-0.05, 0) is 12.2 Å². The molecule has 0 saturated heterocycles. The lowest BCUT2D eigenvalue weighted by molar-refractivity contribution is 0.104. The van der Waals surface area contributed by atoms with Crippen LogP contribution in [0.4, 0.5) is 0 Å². The van der Waals surface area contributed by atoms with Crippen molar-refractivity contribution in [1.29, 1.82) is 0 Å². The number of allylic oxidation sites excluding steroid dienone is 1. The first-order chi connectivity index (χ1) is 8.65. The molecule has 0 spiro atoms. The molecule has 0 amide bonds. The lowest BCUT2D eigenvalue weighted by Crippen LogP contribution is -2.21. The van der Waals surface area contributed by atoms with E-state index >= 15 is 0 Å². The highest BCUT2D eigenvalue weighted by Gasteiger charge is 1.99. The lowest BCUT2D eigenvalue weighted by atomic mass is 10.1. The summed E-state index contributed by atoms with van der Waals surface area (Å²) >= 11 is 0.